The number of benzene rings is 2. The fourth-order valence-electron chi connectivity index (χ4n) is 19.2. The topological polar surface area (TPSA) is 112 Å². The number of carbonyl (C=O) groups is 4. The normalized spacial score (nSPS) is 42.7. The minimum absolute atomic E-state index is 0.0494. The number of carbonyl (C=O) groups excluding carboxylic acids is 4. The van der Waals surface area contributed by atoms with Crippen molar-refractivity contribution in [3.8, 4) is 0 Å². The minimum Gasteiger partial charge on any atom is -0.370 e. The van der Waals surface area contributed by atoms with Crippen LogP contribution in [0.4, 0.5) is 5.69 Å². The van der Waals surface area contributed by atoms with E-state index in [1.807, 2.05) is 20.8 Å². The van der Waals surface area contributed by atoms with Crippen LogP contribution >= 0.6 is 0 Å². The van der Waals surface area contributed by atoms with E-state index in [0.29, 0.717) is 61.2 Å². The van der Waals surface area contributed by atoms with Crippen molar-refractivity contribution in [2.45, 2.75) is 219 Å². The Labute approximate surface area is 417 Å². The lowest BCUT2D eigenvalue weighted by molar-refractivity contribution is -0.298. The minimum atomic E-state index is -0.564. The van der Waals surface area contributed by atoms with E-state index in [1.54, 1.807) is 4.90 Å². The molecule has 5 saturated carbocycles. The molecule has 18 atom stereocenters. The van der Waals surface area contributed by atoms with Crippen LogP contribution in [-0.2, 0) is 54.4 Å². The third-order valence-electron chi connectivity index (χ3n) is 21.5. The van der Waals surface area contributed by atoms with E-state index in [9.17, 15) is 19.2 Å². The quantitative estimate of drug-likeness (QED) is 0.280. The monoisotopic (exact) mass is 957 g/mol. The third kappa shape index (κ3) is 6.05. The molecule has 10 heteroatoms. The Kier molecular flexibility index (Phi) is 10.6. The van der Waals surface area contributed by atoms with Crippen molar-refractivity contribution in [1.29, 1.82) is 0 Å². The molecule has 378 valence electrons. The van der Waals surface area contributed by atoms with E-state index >= 15 is 0 Å². The van der Waals surface area contributed by atoms with Crippen molar-refractivity contribution in [1.82, 2.24) is 4.90 Å². The van der Waals surface area contributed by atoms with Gasteiger partial charge in [0.25, 0.3) is 0 Å². The number of ether oxygens (including phenoxy) is 4. The third-order valence-corrected chi connectivity index (χ3v) is 21.5. The van der Waals surface area contributed by atoms with Gasteiger partial charge in [-0.05, 0) is 180 Å². The summed E-state index contributed by atoms with van der Waals surface area (Å²) in [5.41, 5.74) is 8.52. The average Bonchev–Trinajstić information content (AvgIpc) is 3.68. The van der Waals surface area contributed by atoms with Gasteiger partial charge in [-0.3, -0.25) is 24.1 Å². The molecule has 10 nitrogen and oxygen atoms in total. The highest BCUT2D eigenvalue weighted by Crippen LogP contribution is 2.76. The Morgan fingerprint density at radius 2 is 0.771 bits per heavy atom. The van der Waals surface area contributed by atoms with Crippen LogP contribution in [0.5, 0.6) is 0 Å². The van der Waals surface area contributed by atoms with Crippen LogP contribution in [0.3, 0.4) is 0 Å². The van der Waals surface area contributed by atoms with Gasteiger partial charge in [-0.25, -0.2) is 4.90 Å². The lowest BCUT2D eigenvalue weighted by atomic mass is 9.29. The molecule has 7 aliphatic carbocycles. The van der Waals surface area contributed by atoms with Gasteiger partial charge in [0.15, 0.2) is 0 Å². The predicted molar refractivity (Wildman–Crippen MR) is 267 cm³/mol. The summed E-state index contributed by atoms with van der Waals surface area (Å²) in [5.74, 6) is 0.241. The van der Waals surface area contributed by atoms with Gasteiger partial charge in [0.1, 0.15) is 0 Å². The van der Waals surface area contributed by atoms with Crippen LogP contribution in [-0.4, -0.2) is 82.9 Å². The van der Waals surface area contributed by atoms with E-state index in [2.05, 4.69) is 100 Å². The van der Waals surface area contributed by atoms with Crippen molar-refractivity contribution >= 4 is 29.3 Å². The number of fused-ring (bicyclic) bond motifs is 6. The zero-order valence-corrected chi connectivity index (χ0v) is 44.5. The smallest absolute Gasteiger partial charge is 0.237 e. The zero-order valence-electron chi connectivity index (χ0n) is 44.5. The first kappa shape index (κ1) is 47.6. The first-order chi connectivity index (χ1) is 32.9. The van der Waals surface area contributed by atoms with E-state index in [4.69, 9.17) is 18.9 Å². The van der Waals surface area contributed by atoms with Gasteiger partial charge in [0.2, 0.25) is 23.6 Å². The summed E-state index contributed by atoms with van der Waals surface area (Å²) in [6.45, 7) is 30.9. The van der Waals surface area contributed by atoms with Crippen LogP contribution in [0.1, 0.15) is 160 Å². The zero-order chi connectivity index (χ0) is 49.8. The van der Waals surface area contributed by atoms with Crippen LogP contribution in [0, 0.1) is 86.9 Å². The molecule has 9 fully saturated rings. The van der Waals surface area contributed by atoms with Gasteiger partial charge < -0.3 is 18.9 Å². The summed E-state index contributed by atoms with van der Waals surface area (Å²) in [5, 5.41) is 0. The number of nitrogens with zero attached hydrogens (tertiary/aromatic N) is 2. The summed E-state index contributed by atoms with van der Waals surface area (Å²) in [4.78, 5) is 60.2. The number of amides is 4. The number of anilines is 1. The summed E-state index contributed by atoms with van der Waals surface area (Å²) in [6.07, 6.45) is 4.39. The maximum atomic E-state index is 14.7. The lowest BCUT2D eigenvalue weighted by Crippen LogP contribution is -2.76. The Balaban J connectivity index is 0.860. The first-order valence-electron chi connectivity index (χ1n) is 27.5. The molecule has 13 rings (SSSR count). The van der Waals surface area contributed by atoms with Gasteiger partial charge in [-0.2, -0.15) is 0 Å². The number of hydrogen-bond donors (Lipinski definition) is 0. The van der Waals surface area contributed by atoms with Gasteiger partial charge >= 0.3 is 0 Å². The molecular weight excluding hydrogens is 877 g/mol. The number of likely N-dealkylation sites (tertiary alicyclic amines) is 1. The fourth-order valence-corrected chi connectivity index (χ4v) is 19.2. The molecule has 2 aromatic carbocycles. The van der Waals surface area contributed by atoms with Gasteiger partial charge in [-0.15, -0.1) is 0 Å². The highest BCUT2D eigenvalue weighted by atomic mass is 16.6. The Morgan fingerprint density at radius 1 is 0.471 bits per heavy atom. The molecule has 2 bridgehead atoms. The summed E-state index contributed by atoms with van der Waals surface area (Å²) >= 11 is 0. The molecule has 2 aromatic rings. The molecule has 11 aliphatic rings. The van der Waals surface area contributed by atoms with E-state index in [0.717, 1.165) is 53.6 Å². The van der Waals surface area contributed by atoms with Crippen LogP contribution in [0.25, 0.3) is 0 Å². The second-order valence-corrected chi connectivity index (χ2v) is 27.0. The second-order valence-electron chi connectivity index (χ2n) is 27.0. The van der Waals surface area contributed by atoms with Crippen molar-refractivity contribution in [3.05, 3.63) is 63.2 Å². The van der Waals surface area contributed by atoms with Crippen LogP contribution < -0.4 is 4.90 Å². The number of imide groups is 2. The summed E-state index contributed by atoms with van der Waals surface area (Å²) in [7, 11) is 0. The molecule has 0 aromatic heterocycles. The molecule has 4 heterocycles. The predicted octanol–water partition coefficient (Wildman–Crippen LogP) is 9.92. The molecule has 70 heavy (non-hydrogen) atoms. The standard InChI is InChI=1S/C60H80N2O8/c1-27(2)59-37-17-15-16-18-38(37)60(28(3)4,42-26-50-49(25-41(42)59)69-45-21-35-36(22-46(45)70-50)56(66)62(55(35)65)58(12,13)14)40-24-48-47(23-39(40)59)67-43-19-33-34(20-44(43)68-48)54(64)61(53(33)63)52-31(7)29(5)51(57(9,10)11)30(6)32(52)8/h15-18,27-28,33-36,39-50H,19-26H2,1-14H3. The number of hydrogen-bond acceptors (Lipinski definition) is 8. The molecule has 18 unspecified atom stereocenters. The Morgan fingerprint density at radius 3 is 1.06 bits per heavy atom. The maximum Gasteiger partial charge on any atom is 0.237 e. The van der Waals surface area contributed by atoms with Crippen molar-refractivity contribution < 1.29 is 38.1 Å². The highest BCUT2D eigenvalue weighted by Gasteiger charge is 2.75. The lowest BCUT2D eigenvalue weighted by Gasteiger charge is -2.76. The van der Waals surface area contributed by atoms with E-state index in [-0.39, 0.29) is 101 Å². The van der Waals surface area contributed by atoms with Crippen molar-refractivity contribution in [2.75, 3.05) is 4.90 Å². The van der Waals surface area contributed by atoms with Crippen molar-refractivity contribution in [2.24, 2.45) is 59.2 Å². The van der Waals surface area contributed by atoms with E-state index in [1.165, 1.54) is 21.6 Å². The maximum absolute atomic E-state index is 14.7. The average molecular weight is 957 g/mol. The van der Waals surface area contributed by atoms with E-state index < -0.39 is 17.4 Å². The summed E-state index contributed by atoms with van der Waals surface area (Å²) in [6, 6.07) is 9.45. The Bertz CT molecular complexity index is 2430. The summed E-state index contributed by atoms with van der Waals surface area (Å²) < 4.78 is 29.3. The van der Waals surface area contributed by atoms with Gasteiger partial charge in [0.05, 0.1) is 78.2 Å². The molecule has 4 amide bonds. The van der Waals surface area contributed by atoms with Crippen LogP contribution in [0.15, 0.2) is 24.3 Å². The SMILES string of the molecule is Cc1c(C)c(C(C)(C)C)c(C)c(C)c1N1C(=O)C2CC3OC4CC5C(CC4OC3CC2C1=O)C1(C(C)C)c2ccccc2C5(C(C)C)C2CC3OC4CC5C(=O)N(C(C)(C)C)C(=O)C5CC4OC3CC21. The molecule has 0 N–H and O–H groups in total. The fraction of sp³-hybridized carbons (Fsp3) is 0.733. The Hall–Kier alpha value is -3.44. The number of rotatable bonds is 3. The van der Waals surface area contributed by atoms with Gasteiger partial charge in [-0.1, -0.05) is 72.7 Å². The second kappa shape index (κ2) is 15.6. The molecule has 0 radical (unpaired) electrons. The van der Waals surface area contributed by atoms with Crippen molar-refractivity contribution in [3.63, 3.8) is 0 Å². The molecular formula is C60H80N2O8. The molecule has 4 saturated heterocycles. The highest BCUT2D eigenvalue weighted by molar-refractivity contribution is 6.23. The largest absolute Gasteiger partial charge is 0.370 e. The first-order valence-corrected chi connectivity index (χ1v) is 27.5. The van der Waals surface area contributed by atoms with Crippen LogP contribution in [0.2, 0.25) is 0 Å². The molecule has 0 spiro atoms. The van der Waals surface area contributed by atoms with Gasteiger partial charge in [0, 0.05) is 16.4 Å². The molecule has 4 aliphatic heterocycles.